The van der Waals surface area contributed by atoms with Crippen molar-refractivity contribution in [3.63, 3.8) is 0 Å². The van der Waals surface area contributed by atoms with Crippen molar-refractivity contribution < 1.29 is 9.13 Å². The van der Waals surface area contributed by atoms with Crippen LogP contribution in [0.5, 0.6) is 11.5 Å². The standard InChI is InChI=1S/C13H7FINO/c14-10-5-6-12(9(7-10)8-16)17-13-4-2-1-3-11(13)15/h1-7H. The van der Waals surface area contributed by atoms with Crippen LogP contribution in [0.2, 0.25) is 0 Å². The topological polar surface area (TPSA) is 33.0 Å². The predicted octanol–water partition coefficient (Wildman–Crippen LogP) is 4.09. The minimum Gasteiger partial charge on any atom is -0.455 e. The Balaban J connectivity index is 2.37. The first-order valence-corrected chi connectivity index (χ1v) is 5.90. The molecule has 0 aliphatic rings. The van der Waals surface area contributed by atoms with Gasteiger partial charge in [0.25, 0.3) is 0 Å². The van der Waals surface area contributed by atoms with Gasteiger partial charge in [-0.15, -0.1) is 0 Å². The van der Waals surface area contributed by atoms with E-state index in [0.717, 1.165) is 9.64 Å². The zero-order chi connectivity index (χ0) is 12.3. The summed E-state index contributed by atoms with van der Waals surface area (Å²) in [7, 11) is 0. The highest BCUT2D eigenvalue weighted by molar-refractivity contribution is 14.1. The van der Waals surface area contributed by atoms with Gasteiger partial charge in [-0.2, -0.15) is 5.26 Å². The van der Waals surface area contributed by atoms with Crippen molar-refractivity contribution in [1.82, 2.24) is 0 Å². The fourth-order valence-corrected chi connectivity index (χ4v) is 1.82. The lowest BCUT2D eigenvalue weighted by Crippen LogP contribution is -1.91. The second-order valence-electron chi connectivity index (χ2n) is 3.28. The van der Waals surface area contributed by atoms with E-state index in [0.29, 0.717) is 11.5 Å². The maximum atomic E-state index is 12.9. The van der Waals surface area contributed by atoms with Crippen LogP contribution in [0.1, 0.15) is 5.56 Å². The summed E-state index contributed by atoms with van der Waals surface area (Å²) in [5, 5.41) is 8.89. The van der Waals surface area contributed by atoms with Gasteiger partial charge >= 0.3 is 0 Å². The van der Waals surface area contributed by atoms with Crippen molar-refractivity contribution in [1.29, 1.82) is 5.26 Å². The molecule has 0 fully saturated rings. The van der Waals surface area contributed by atoms with Gasteiger partial charge in [0.2, 0.25) is 0 Å². The third-order valence-corrected chi connectivity index (χ3v) is 3.01. The Morgan fingerprint density at radius 3 is 2.59 bits per heavy atom. The summed E-state index contributed by atoms with van der Waals surface area (Å²) >= 11 is 2.14. The SMILES string of the molecule is N#Cc1cc(F)ccc1Oc1ccccc1I. The monoisotopic (exact) mass is 339 g/mol. The molecule has 0 aromatic heterocycles. The summed E-state index contributed by atoms with van der Waals surface area (Å²) in [6, 6.07) is 13.2. The molecule has 4 heteroatoms. The molecular formula is C13H7FINO. The molecule has 0 spiro atoms. The van der Waals surface area contributed by atoms with Crippen molar-refractivity contribution in [3.05, 3.63) is 57.4 Å². The minimum absolute atomic E-state index is 0.185. The zero-order valence-electron chi connectivity index (χ0n) is 8.65. The summed E-state index contributed by atoms with van der Waals surface area (Å²) in [4.78, 5) is 0. The van der Waals surface area contributed by atoms with Crippen LogP contribution in [0.4, 0.5) is 4.39 Å². The molecule has 84 valence electrons. The van der Waals surface area contributed by atoms with Crippen molar-refractivity contribution >= 4 is 22.6 Å². The summed E-state index contributed by atoms with van der Waals surface area (Å²) in [5.41, 5.74) is 0.185. The van der Waals surface area contributed by atoms with Crippen LogP contribution in [-0.2, 0) is 0 Å². The van der Waals surface area contributed by atoms with Crippen LogP contribution < -0.4 is 4.74 Å². The molecule has 0 heterocycles. The second kappa shape index (κ2) is 5.15. The average Bonchev–Trinajstić information content (AvgIpc) is 2.34. The summed E-state index contributed by atoms with van der Waals surface area (Å²) in [6.07, 6.45) is 0. The molecule has 0 saturated heterocycles. The van der Waals surface area contributed by atoms with Gasteiger partial charge in [-0.05, 0) is 52.9 Å². The zero-order valence-corrected chi connectivity index (χ0v) is 10.8. The van der Waals surface area contributed by atoms with Gasteiger partial charge in [-0.25, -0.2) is 4.39 Å². The Hall–Kier alpha value is -1.61. The van der Waals surface area contributed by atoms with E-state index in [1.165, 1.54) is 12.1 Å². The molecule has 0 atom stereocenters. The Bertz CT molecular complexity index is 592. The molecule has 0 aliphatic heterocycles. The normalized spacial score (nSPS) is 9.71. The van der Waals surface area contributed by atoms with Crippen LogP contribution in [0.15, 0.2) is 42.5 Å². The van der Waals surface area contributed by atoms with Crippen LogP contribution in [0, 0.1) is 20.7 Å². The van der Waals surface area contributed by atoms with E-state index in [1.54, 1.807) is 6.07 Å². The van der Waals surface area contributed by atoms with E-state index < -0.39 is 5.82 Å². The van der Waals surface area contributed by atoms with Crippen LogP contribution >= 0.6 is 22.6 Å². The molecule has 0 unspecified atom stereocenters. The fraction of sp³-hybridized carbons (Fsp3) is 0. The first-order valence-electron chi connectivity index (χ1n) is 4.83. The van der Waals surface area contributed by atoms with E-state index in [4.69, 9.17) is 10.00 Å². The molecule has 0 radical (unpaired) electrons. The number of hydrogen-bond donors (Lipinski definition) is 0. The smallest absolute Gasteiger partial charge is 0.145 e. The maximum Gasteiger partial charge on any atom is 0.145 e. The first-order chi connectivity index (χ1) is 8.20. The lowest BCUT2D eigenvalue weighted by atomic mass is 10.2. The lowest BCUT2D eigenvalue weighted by molar-refractivity contribution is 0.475. The molecule has 2 aromatic rings. The third kappa shape index (κ3) is 2.74. The van der Waals surface area contributed by atoms with Gasteiger partial charge in [0.1, 0.15) is 23.4 Å². The quantitative estimate of drug-likeness (QED) is 0.772. The van der Waals surface area contributed by atoms with Gasteiger partial charge in [0, 0.05) is 0 Å². The van der Waals surface area contributed by atoms with Crippen LogP contribution in [-0.4, -0.2) is 0 Å². The third-order valence-electron chi connectivity index (χ3n) is 2.12. The van der Waals surface area contributed by atoms with Gasteiger partial charge in [-0.3, -0.25) is 0 Å². The number of hydrogen-bond acceptors (Lipinski definition) is 2. The van der Waals surface area contributed by atoms with E-state index in [9.17, 15) is 4.39 Å². The largest absolute Gasteiger partial charge is 0.455 e. The Morgan fingerprint density at radius 2 is 1.88 bits per heavy atom. The molecule has 0 aliphatic carbocycles. The van der Waals surface area contributed by atoms with Crippen molar-refractivity contribution in [2.24, 2.45) is 0 Å². The van der Waals surface area contributed by atoms with Gasteiger partial charge < -0.3 is 4.74 Å². The molecule has 2 nitrogen and oxygen atoms in total. The summed E-state index contributed by atoms with van der Waals surface area (Å²) in [6.45, 7) is 0. The summed E-state index contributed by atoms with van der Waals surface area (Å²) < 4.78 is 19.5. The average molecular weight is 339 g/mol. The molecule has 2 aromatic carbocycles. The van der Waals surface area contributed by atoms with Gasteiger partial charge in [0.15, 0.2) is 0 Å². The predicted molar refractivity (Wildman–Crippen MR) is 70.3 cm³/mol. The molecule has 17 heavy (non-hydrogen) atoms. The number of para-hydroxylation sites is 1. The van der Waals surface area contributed by atoms with E-state index in [-0.39, 0.29) is 5.56 Å². The minimum atomic E-state index is -0.448. The Kier molecular flexibility index (Phi) is 3.59. The first kappa shape index (κ1) is 11.9. The number of halogens is 2. The van der Waals surface area contributed by atoms with Gasteiger partial charge in [0.05, 0.1) is 9.13 Å². The summed E-state index contributed by atoms with van der Waals surface area (Å²) in [5.74, 6) is 0.561. The maximum absolute atomic E-state index is 12.9. The molecule has 0 saturated carbocycles. The lowest BCUT2D eigenvalue weighted by Gasteiger charge is -2.08. The van der Waals surface area contributed by atoms with Crippen LogP contribution in [0.3, 0.4) is 0 Å². The number of nitrogens with zero attached hydrogens (tertiary/aromatic N) is 1. The Morgan fingerprint density at radius 1 is 1.12 bits per heavy atom. The highest BCUT2D eigenvalue weighted by Crippen LogP contribution is 2.28. The van der Waals surface area contributed by atoms with Gasteiger partial charge in [-0.1, -0.05) is 12.1 Å². The van der Waals surface area contributed by atoms with E-state index >= 15 is 0 Å². The molecular weight excluding hydrogens is 332 g/mol. The van der Waals surface area contributed by atoms with Crippen molar-refractivity contribution in [2.75, 3.05) is 0 Å². The van der Waals surface area contributed by atoms with Crippen molar-refractivity contribution in [3.8, 4) is 17.6 Å². The number of rotatable bonds is 2. The molecule has 0 amide bonds. The number of benzene rings is 2. The Labute approximate surface area is 112 Å². The highest BCUT2D eigenvalue weighted by Gasteiger charge is 2.07. The fourth-order valence-electron chi connectivity index (χ4n) is 1.32. The van der Waals surface area contributed by atoms with E-state index in [1.807, 2.05) is 24.3 Å². The second-order valence-corrected chi connectivity index (χ2v) is 4.45. The van der Waals surface area contributed by atoms with Crippen LogP contribution in [0.25, 0.3) is 0 Å². The number of ether oxygens (including phenoxy) is 1. The molecule has 2 rings (SSSR count). The van der Waals surface area contributed by atoms with E-state index in [2.05, 4.69) is 22.6 Å². The number of nitriles is 1. The highest BCUT2D eigenvalue weighted by atomic mass is 127. The van der Waals surface area contributed by atoms with Crippen molar-refractivity contribution in [2.45, 2.75) is 0 Å². The molecule has 0 bridgehead atoms. The molecule has 0 N–H and O–H groups in total.